The van der Waals surface area contributed by atoms with Crippen molar-refractivity contribution in [3.63, 3.8) is 0 Å². The molecule has 2 rings (SSSR count). The van der Waals surface area contributed by atoms with E-state index in [1.165, 1.54) is 0 Å². The average molecular weight is 260 g/mol. The first-order valence-corrected chi connectivity index (χ1v) is 6.29. The summed E-state index contributed by atoms with van der Waals surface area (Å²) in [6.07, 6.45) is 0. The van der Waals surface area contributed by atoms with Crippen molar-refractivity contribution in [2.45, 2.75) is 34.2 Å². The predicted octanol–water partition coefficient (Wildman–Crippen LogP) is 2.30. The van der Waals surface area contributed by atoms with E-state index in [9.17, 15) is 0 Å². The van der Waals surface area contributed by atoms with Gasteiger partial charge in [0.15, 0.2) is 5.75 Å². The van der Waals surface area contributed by atoms with Crippen LogP contribution in [-0.2, 0) is 13.6 Å². The summed E-state index contributed by atoms with van der Waals surface area (Å²) in [5.74, 6) is 1.34. The van der Waals surface area contributed by atoms with E-state index in [0.717, 1.165) is 34.0 Å². The van der Waals surface area contributed by atoms with Gasteiger partial charge in [0, 0.05) is 24.8 Å². The summed E-state index contributed by atoms with van der Waals surface area (Å²) in [7, 11) is 1.90. The zero-order valence-electron chi connectivity index (χ0n) is 12.1. The summed E-state index contributed by atoms with van der Waals surface area (Å²) in [5.41, 5.74) is 10.6. The minimum Gasteiger partial charge on any atom is -0.435 e. The van der Waals surface area contributed by atoms with Crippen molar-refractivity contribution in [3.05, 3.63) is 34.3 Å². The number of nitrogens with two attached hydrogens (primary N) is 1. The molecule has 5 nitrogen and oxygen atoms in total. The third kappa shape index (κ3) is 2.46. The molecule has 0 aliphatic rings. The number of nitrogens with zero attached hydrogens (tertiary/aromatic N) is 3. The third-order valence-electron chi connectivity index (χ3n) is 3.28. The molecule has 0 radical (unpaired) electrons. The molecule has 0 unspecified atom stereocenters. The van der Waals surface area contributed by atoms with Crippen LogP contribution in [0.2, 0.25) is 0 Å². The Balaban J connectivity index is 2.48. The number of hydrogen-bond acceptors (Lipinski definition) is 4. The zero-order chi connectivity index (χ0) is 14.2. The van der Waals surface area contributed by atoms with Gasteiger partial charge >= 0.3 is 0 Å². The molecule has 5 heteroatoms. The van der Waals surface area contributed by atoms with Crippen molar-refractivity contribution in [1.29, 1.82) is 0 Å². The largest absolute Gasteiger partial charge is 0.435 e. The molecule has 0 aliphatic heterocycles. The molecule has 2 aromatic heterocycles. The maximum Gasteiger partial charge on any atom is 0.224 e. The van der Waals surface area contributed by atoms with E-state index in [-0.39, 0.29) is 0 Å². The van der Waals surface area contributed by atoms with Crippen LogP contribution in [0.1, 0.15) is 28.2 Å². The van der Waals surface area contributed by atoms with Crippen molar-refractivity contribution >= 4 is 0 Å². The molecule has 102 valence electrons. The van der Waals surface area contributed by atoms with Crippen LogP contribution in [0.3, 0.4) is 0 Å². The van der Waals surface area contributed by atoms with E-state index in [4.69, 9.17) is 10.5 Å². The lowest BCUT2D eigenvalue weighted by atomic mass is 10.1. The molecule has 19 heavy (non-hydrogen) atoms. The molecule has 0 aromatic carbocycles. The lowest BCUT2D eigenvalue weighted by Gasteiger charge is -2.12. The molecule has 0 amide bonds. The summed E-state index contributed by atoms with van der Waals surface area (Å²) < 4.78 is 7.77. The molecule has 0 saturated heterocycles. The second-order valence-corrected chi connectivity index (χ2v) is 4.79. The molecule has 2 heterocycles. The molecule has 2 N–H and O–H groups in total. The first-order chi connectivity index (χ1) is 8.93. The number of rotatable bonds is 3. The van der Waals surface area contributed by atoms with Gasteiger partial charge in [0.2, 0.25) is 5.88 Å². The minimum atomic E-state index is 0.410. The van der Waals surface area contributed by atoms with Crippen molar-refractivity contribution in [1.82, 2.24) is 14.8 Å². The lowest BCUT2D eigenvalue weighted by molar-refractivity contribution is 0.447. The quantitative estimate of drug-likeness (QED) is 0.919. The molecule has 2 aromatic rings. The highest BCUT2D eigenvalue weighted by molar-refractivity contribution is 5.41. The highest BCUT2D eigenvalue weighted by Gasteiger charge is 2.16. The van der Waals surface area contributed by atoms with Gasteiger partial charge in [-0.15, -0.1) is 0 Å². The first-order valence-electron chi connectivity index (χ1n) is 6.29. The number of hydrogen-bond donors (Lipinski definition) is 1. The normalized spacial score (nSPS) is 10.8. The summed E-state index contributed by atoms with van der Waals surface area (Å²) >= 11 is 0. The minimum absolute atomic E-state index is 0.410. The van der Waals surface area contributed by atoms with Gasteiger partial charge in [-0.25, -0.2) is 4.98 Å². The van der Waals surface area contributed by atoms with Crippen LogP contribution in [0.25, 0.3) is 0 Å². The number of aromatic nitrogens is 3. The Labute approximate surface area is 113 Å². The maximum atomic E-state index is 5.97. The SMILES string of the molecule is Cc1cc(C)c(CN)c(Oc2c(C)nn(C)c2C)n1. The Hall–Kier alpha value is -1.88. The van der Waals surface area contributed by atoms with E-state index in [2.05, 4.69) is 10.1 Å². The molecule has 0 saturated carbocycles. The van der Waals surface area contributed by atoms with Gasteiger partial charge in [0.25, 0.3) is 0 Å². The van der Waals surface area contributed by atoms with Crippen molar-refractivity contribution in [2.24, 2.45) is 12.8 Å². The molecular formula is C14H20N4O. The second-order valence-electron chi connectivity index (χ2n) is 4.79. The van der Waals surface area contributed by atoms with Crippen LogP contribution >= 0.6 is 0 Å². The van der Waals surface area contributed by atoms with Gasteiger partial charge in [-0.3, -0.25) is 4.68 Å². The number of pyridine rings is 1. The third-order valence-corrected chi connectivity index (χ3v) is 3.28. The van der Waals surface area contributed by atoms with Crippen LogP contribution in [-0.4, -0.2) is 14.8 Å². The first kappa shape index (κ1) is 13.5. The summed E-state index contributed by atoms with van der Waals surface area (Å²) in [6, 6.07) is 2.01. The van der Waals surface area contributed by atoms with Gasteiger partial charge < -0.3 is 10.5 Å². The highest BCUT2D eigenvalue weighted by Crippen LogP contribution is 2.30. The molecule has 0 fully saturated rings. The molecule has 0 bridgehead atoms. The summed E-state index contributed by atoms with van der Waals surface area (Å²) in [4.78, 5) is 4.45. The van der Waals surface area contributed by atoms with Crippen LogP contribution in [0.15, 0.2) is 6.07 Å². The number of aryl methyl sites for hydroxylation is 4. The van der Waals surface area contributed by atoms with Gasteiger partial charge in [-0.1, -0.05) is 0 Å². The molecule has 0 atom stereocenters. The Morgan fingerprint density at radius 2 is 1.95 bits per heavy atom. The van der Waals surface area contributed by atoms with E-state index >= 15 is 0 Å². The van der Waals surface area contributed by atoms with E-state index in [0.29, 0.717) is 12.4 Å². The molecule has 0 aliphatic carbocycles. The van der Waals surface area contributed by atoms with Crippen LogP contribution in [0.5, 0.6) is 11.6 Å². The van der Waals surface area contributed by atoms with Crippen LogP contribution < -0.4 is 10.5 Å². The van der Waals surface area contributed by atoms with Crippen LogP contribution in [0, 0.1) is 27.7 Å². The van der Waals surface area contributed by atoms with Gasteiger partial charge in [0.1, 0.15) is 5.69 Å². The van der Waals surface area contributed by atoms with E-state index in [1.807, 2.05) is 40.8 Å². The smallest absolute Gasteiger partial charge is 0.224 e. The van der Waals surface area contributed by atoms with Crippen molar-refractivity contribution in [2.75, 3.05) is 0 Å². The standard InChI is InChI=1S/C14H20N4O/c1-8-6-9(2)16-14(12(8)7-15)19-13-10(3)17-18(5)11(13)4/h6H,7,15H2,1-5H3. The zero-order valence-corrected chi connectivity index (χ0v) is 12.1. The van der Waals surface area contributed by atoms with Gasteiger partial charge in [-0.2, -0.15) is 5.10 Å². The Bertz CT molecular complexity index is 616. The lowest BCUT2D eigenvalue weighted by Crippen LogP contribution is -2.05. The fourth-order valence-corrected chi connectivity index (χ4v) is 2.16. The average Bonchev–Trinajstić information content (AvgIpc) is 2.55. The Morgan fingerprint density at radius 3 is 2.47 bits per heavy atom. The molecule has 0 spiro atoms. The summed E-state index contributed by atoms with van der Waals surface area (Å²) in [6.45, 7) is 8.27. The highest BCUT2D eigenvalue weighted by atomic mass is 16.5. The Morgan fingerprint density at radius 1 is 1.26 bits per heavy atom. The molecular weight excluding hydrogens is 240 g/mol. The van der Waals surface area contributed by atoms with E-state index in [1.54, 1.807) is 4.68 Å². The Kier molecular flexibility index (Phi) is 3.57. The second kappa shape index (κ2) is 5.01. The number of ether oxygens (including phenoxy) is 1. The predicted molar refractivity (Wildman–Crippen MR) is 74.4 cm³/mol. The fourth-order valence-electron chi connectivity index (χ4n) is 2.16. The van der Waals surface area contributed by atoms with Crippen LogP contribution in [0.4, 0.5) is 0 Å². The topological polar surface area (TPSA) is 66.0 Å². The van der Waals surface area contributed by atoms with E-state index < -0.39 is 0 Å². The van der Waals surface area contributed by atoms with Gasteiger partial charge in [0.05, 0.1) is 5.69 Å². The monoisotopic (exact) mass is 260 g/mol. The van der Waals surface area contributed by atoms with Crippen molar-refractivity contribution in [3.8, 4) is 11.6 Å². The maximum absolute atomic E-state index is 5.97. The van der Waals surface area contributed by atoms with Crippen molar-refractivity contribution < 1.29 is 4.74 Å². The summed E-state index contributed by atoms with van der Waals surface area (Å²) in [5, 5.41) is 4.34. The fraction of sp³-hybridized carbons (Fsp3) is 0.429. The van der Waals surface area contributed by atoms with Gasteiger partial charge in [-0.05, 0) is 39.3 Å².